The molecule has 1 aromatic heterocycles. The van der Waals surface area contributed by atoms with Gasteiger partial charge in [0.15, 0.2) is 0 Å². The fraction of sp³-hybridized carbons (Fsp3) is 0.333. The molecule has 0 aliphatic rings. The number of methoxy groups -OCH3 is 1. The minimum atomic E-state index is 0.702. The normalized spacial score (nSPS) is 11.0. The zero-order valence-electron chi connectivity index (χ0n) is 11.0. The summed E-state index contributed by atoms with van der Waals surface area (Å²) in [5.41, 5.74) is 5.53. The van der Waals surface area contributed by atoms with E-state index in [-0.39, 0.29) is 0 Å². The lowest BCUT2D eigenvalue weighted by atomic mass is 10.1. The number of ether oxygens (including phenoxy) is 1. The van der Waals surface area contributed by atoms with Crippen LogP contribution in [0.25, 0.3) is 11.6 Å². The van der Waals surface area contributed by atoms with Crippen LogP contribution in [0.15, 0.2) is 30.9 Å². The van der Waals surface area contributed by atoms with E-state index in [9.17, 15) is 0 Å². The molecule has 0 fully saturated rings. The van der Waals surface area contributed by atoms with Gasteiger partial charge in [0, 0.05) is 18.5 Å². The van der Waals surface area contributed by atoms with Crippen molar-refractivity contribution in [3.8, 4) is 0 Å². The summed E-state index contributed by atoms with van der Waals surface area (Å²) in [4.78, 5) is 3.36. The number of allylic oxidation sites excluding steroid dienone is 2. The zero-order valence-corrected chi connectivity index (χ0v) is 11.0. The van der Waals surface area contributed by atoms with Crippen molar-refractivity contribution in [1.29, 1.82) is 0 Å². The van der Waals surface area contributed by atoms with Gasteiger partial charge in [0.25, 0.3) is 0 Å². The molecule has 0 unspecified atom stereocenters. The number of hydrogen-bond donors (Lipinski definition) is 1. The minimum Gasteiger partial charge on any atom is -0.384 e. The maximum Gasteiger partial charge on any atom is 0.0503 e. The lowest BCUT2D eigenvalue weighted by molar-refractivity contribution is 0.206. The van der Waals surface area contributed by atoms with Crippen molar-refractivity contribution in [3.63, 3.8) is 0 Å². The summed E-state index contributed by atoms with van der Waals surface area (Å²) in [6, 6.07) is 2.12. The van der Waals surface area contributed by atoms with Gasteiger partial charge in [0.1, 0.15) is 0 Å². The highest BCUT2D eigenvalue weighted by molar-refractivity contribution is 5.65. The fourth-order valence-corrected chi connectivity index (χ4v) is 1.52. The van der Waals surface area contributed by atoms with Gasteiger partial charge in [-0.2, -0.15) is 0 Å². The third-order valence-electron chi connectivity index (χ3n) is 2.58. The van der Waals surface area contributed by atoms with Crippen molar-refractivity contribution < 1.29 is 4.74 Å². The molecule has 0 saturated carbocycles. The van der Waals surface area contributed by atoms with Gasteiger partial charge in [-0.25, -0.2) is 0 Å². The number of aromatic nitrogens is 1. The van der Waals surface area contributed by atoms with Crippen molar-refractivity contribution in [3.05, 3.63) is 47.8 Å². The van der Waals surface area contributed by atoms with Gasteiger partial charge in [0.2, 0.25) is 0 Å². The van der Waals surface area contributed by atoms with Crippen LogP contribution in [-0.2, 0) is 4.74 Å². The molecule has 0 atom stereocenters. The molecular weight excluding hydrogens is 210 g/mol. The van der Waals surface area contributed by atoms with Crippen LogP contribution in [0.5, 0.6) is 0 Å². The second-order valence-electron chi connectivity index (χ2n) is 4.31. The molecule has 0 aliphatic heterocycles. The van der Waals surface area contributed by atoms with Gasteiger partial charge in [0.05, 0.1) is 6.61 Å². The predicted octanol–water partition coefficient (Wildman–Crippen LogP) is 3.96. The highest BCUT2D eigenvalue weighted by Gasteiger charge is 2.05. The molecule has 0 aromatic carbocycles. The number of H-pyrrole nitrogens is 1. The first-order valence-corrected chi connectivity index (χ1v) is 5.75. The van der Waals surface area contributed by atoms with E-state index in [1.54, 1.807) is 7.11 Å². The Morgan fingerprint density at radius 3 is 2.76 bits per heavy atom. The Hall–Kier alpha value is -1.54. The Bertz CT molecular complexity index is 438. The van der Waals surface area contributed by atoms with E-state index in [2.05, 4.69) is 31.1 Å². The highest BCUT2D eigenvalue weighted by atomic mass is 16.5. The quantitative estimate of drug-likeness (QED) is 0.736. The molecule has 92 valence electrons. The van der Waals surface area contributed by atoms with E-state index in [1.807, 2.05) is 19.1 Å². The molecule has 0 aliphatic carbocycles. The first-order chi connectivity index (χ1) is 8.04. The van der Waals surface area contributed by atoms with E-state index in [4.69, 9.17) is 4.74 Å². The van der Waals surface area contributed by atoms with Crippen molar-refractivity contribution in [2.45, 2.75) is 20.3 Å². The Morgan fingerprint density at radius 1 is 1.47 bits per heavy atom. The largest absolute Gasteiger partial charge is 0.384 e. The number of nitrogens with one attached hydrogen (secondary N) is 1. The Morgan fingerprint density at radius 2 is 2.18 bits per heavy atom. The van der Waals surface area contributed by atoms with Gasteiger partial charge in [-0.15, -0.1) is 0 Å². The first kappa shape index (κ1) is 13.5. The summed E-state index contributed by atoms with van der Waals surface area (Å²) in [5, 5.41) is 0. The standard InChI is InChI=1S/C15H21NO/c1-11(2)6-7-14-13(4)10-15(16-14)12(3)8-9-17-5/h6-7,10,16H,1,3,8-9H2,2,4-5H3/b7-6-. The summed E-state index contributed by atoms with van der Waals surface area (Å²) in [6.45, 7) is 12.7. The van der Waals surface area contributed by atoms with Crippen molar-refractivity contribution in [2.75, 3.05) is 13.7 Å². The molecule has 2 nitrogen and oxygen atoms in total. The third-order valence-corrected chi connectivity index (χ3v) is 2.58. The molecule has 1 rings (SSSR count). The number of aryl methyl sites for hydroxylation is 1. The van der Waals surface area contributed by atoms with Crippen LogP contribution in [0.3, 0.4) is 0 Å². The molecule has 1 N–H and O–H groups in total. The van der Waals surface area contributed by atoms with Gasteiger partial charge < -0.3 is 9.72 Å². The lowest BCUT2D eigenvalue weighted by Gasteiger charge is -2.01. The zero-order chi connectivity index (χ0) is 12.8. The van der Waals surface area contributed by atoms with Crippen LogP contribution >= 0.6 is 0 Å². The van der Waals surface area contributed by atoms with Crippen molar-refractivity contribution in [2.24, 2.45) is 0 Å². The SMILES string of the molecule is C=C(C)/C=C\c1[nH]c(C(=C)CCOC)cc1C. The molecule has 1 heterocycles. The predicted molar refractivity (Wildman–Crippen MR) is 74.9 cm³/mol. The van der Waals surface area contributed by atoms with Crippen LogP contribution in [-0.4, -0.2) is 18.7 Å². The second kappa shape index (κ2) is 6.26. The van der Waals surface area contributed by atoms with E-state index in [1.165, 1.54) is 5.56 Å². The number of rotatable bonds is 6. The Balaban J connectivity index is 2.80. The molecule has 0 saturated heterocycles. The lowest BCUT2D eigenvalue weighted by Crippen LogP contribution is -1.91. The molecule has 0 bridgehead atoms. The molecular formula is C15H21NO. The van der Waals surface area contributed by atoms with Gasteiger partial charge in [-0.3, -0.25) is 0 Å². The summed E-state index contributed by atoms with van der Waals surface area (Å²) in [6.07, 6.45) is 4.89. The molecule has 17 heavy (non-hydrogen) atoms. The average Bonchev–Trinajstić information content (AvgIpc) is 2.65. The van der Waals surface area contributed by atoms with Crippen LogP contribution in [0.2, 0.25) is 0 Å². The summed E-state index contributed by atoms with van der Waals surface area (Å²) in [5.74, 6) is 0. The molecule has 2 heteroatoms. The van der Waals surface area contributed by atoms with Crippen LogP contribution < -0.4 is 0 Å². The van der Waals surface area contributed by atoms with Gasteiger partial charge in [-0.05, 0) is 43.5 Å². The van der Waals surface area contributed by atoms with Crippen LogP contribution in [0, 0.1) is 6.92 Å². The molecule has 0 spiro atoms. The van der Waals surface area contributed by atoms with E-state index in [0.717, 1.165) is 29.0 Å². The minimum absolute atomic E-state index is 0.702. The second-order valence-corrected chi connectivity index (χ2v) is 4.31. The maximum atomic E-state index is 5.05. The van der Waals surface area contributed by atoms with Crippen LogP contribution in [0.1, 0.15) is 30.3 Å². The van der Waals surface area contributed by atoms with E-state index >= 15 is 0 Å². The monoisotopic (exact) mass is 231 g/mol. The fourth-order valence-electron chi connectivity index (χ4n) is 1.52. The van der Waals surface area contributed by atoms with E-state index in [0.29, 0.717) is 6.61 Å². The average molecular weight is 231 g/mol. The highest BCUT2D eigenvalue weighted by Crippen LogP contribution is 2.20. The summed E-state index contributed by atoms with van der Waals surface area (Å²) >= 11 is 0. The molecule has 1 aromatic rings. The maximum absolute atomic E-state index is 5.05. The first-order valence-electron chi connectivity index (χ1n) is 5.75. The van der Waals surface area contributed by atoms with E-state index < -0.39 is 0 Å². The van der Waals surface area contributed by atoms with Gasteiger partial charge in [-0.1, -0.05) is 24.8 Å². The molecule has 0 amide bonds. The third kappa shape index (κ3) is 4.08. The number of aromatic amines is 1. The van der Waals surface area contributed by atoms with Crippen molar-refractivity contribution in [1.82, 2.24) is 4.98 Å². The van der Waals surface area contributed by atoms with Crippen molar-refractivity contribution >= 4 is 11.6 Å². The number of hydrogen-bond acceptors (Lipinski definition) is 1. The van der Waals surface area contributed by atoms with Crippen LogP contribution in [0.4, 0.5) is 0 Å². The molecule has 0 radical (unpaired) electrons. The summed E-state index contributed by atoms with van der Waals surface area (Å²) < 4.78 is 5.05. The van der Waals surface area contributed by atoms with Gasteiger partial charge >= 0.3 is 0 Å². The Kier molecular flexibility index (Phi) is 4.98. The Labute approximate surface area is 104 Å². The topological polar surface area (TPSA) is 25.0 Å². The smallest absolute Gasteiger partial charge is 0.0503 e. The summed E-state index contributed by atoms with van der Waals surface area (Å²) in [7, 11) is 1.70.